The van der Waals surface area contributed by atoms with Crippen molar-refractivity contribution in [1.82, 2.24) is 0 Å². The molecule has 28 heavy (non-hydrogen) atoms. The van der Waals surface area contributed by atoms with E-state index in [9.17, 15) is 9.59 Å². The van der Waals surface area contributed by atoms with Crippen molar-refractivity contribution in [2.24, 2.45) is 0 Å². The second-order valence-electron chi connectivity index (χ2n) is 6.78. The molecule has 0 bridgehead atoms. The molecule has 0 heterocycles. The zero-order valence-corrected chi connectivity index (χ0v) is 16.0. The van der Waals surface area contributed by atoms with Crippen molar-refractivity contribution in [3.05, 3.63) is 72.3 Å². The maximum atomic E-state index is 11.9. The molecule has 3 rings (SSSR count). The number of fused-ring (bicyclic) bond motifs is 1. The molecular weight excluding hydrogens is 354 g/mol. The van der Waals surface area contributed by atoms with Crippen LogP contribution in [0.5, 0.6) is 5.75 Å². The van der Waals surface area contributed by atoms with Crippen molar-refractivity contribution in [2.45, 2.75) is 19.8 Å². The Labute approximate surface area is 164 Å². The van der Waals surface area contributed by atoms with E-state index in [0.29, 0.717) is 17.4 Å². The second-order valence-corrected chi connectivity index (χ2v) is 6.78. The predicted molar refractivity (Wildman–Crippen MR) is 110 cm³/mol. The van der Waals surface area contributed by atoms with Gasteiger partial charge in [-0.1, -0.05) is 56.3 Å². The molecule has 0 radical (unpaired) electrons. The highest BCUT2D eigenvalue weighted by Gasteiger charge is 2.09. The number of ether oxygens (including phenoxy) is 2. The Kier molecular flexibility index (Phi) is 6.27. The lowest BCUT2D eigenvalue weighted by molar-refractivity contribution is -0.149. The maximum absolute atomic E-state index is 11.9. The molecule has 5 nitrogen and oxygen atoms in total. The van der Waals surface area contributed by atoms with Gasteiger partial charge in [-0.05, 0) is 46.5 Å². The minimum Gasteiger partial charge on any atom is -0.482 e. The molecule has 0 saturated heterocycles. The molecule has 144 valence electrons. The number of rotatable bonds is 7. The van der Waals surface area contributed by atoms with Crippen LogP contribution >= 0.6 is 0 Å². The van der Waals surface area contributed by atoms with Gasteiger partial charge in [-0.3, -0.25) is 4.79 Å². The molecule has 3 aromatic rings. The Balaban J connectivity index is 1.43. The summed E-state index contributed by atoms with van der Waals surface area (Å²) in [6, 6.07) is 21.0. The van der Waals surface area contributed by atoms with Crippen molar-refractivity contribution >= 4 is 28.3 Å². The number of benzene rings is 3. The van der Waals surface area contributed by atoms with E-state index in [1.54, 1.807) is 6.07 Å². The molecular formula is C23H23NO4. The van der Waals surface area contributed by atoms with Crippen LogP contribution in [0.3, 0.4) is 0 Å². The van der Waals surface area contributed by atoms with E-state index in [4.69, 9.17) is 9.47 Å². The van der Waals surface area contributed by atoms with E-state index < -0.39 is 11.9 Å². The molecule has 1 amide bonds. The summed E-state index contributed by atoms with van der Waals surface area (Å²) in [6.45, 7) is 3.60. The lowest BCUT2D eigenvalue weighted by atomic mass is 10.0. The fraction of sp³-hybridized carbons (Fsp3) is 0.217. The fourth-order valence-electron chi connectivity index (χ4n) is 2.74. The van der Waals surface area contributed by atoms with Gasteiger partial charge in [0.2, 0.25) is 0 Å². The van der Waals surface area contributed by atoms with Gasteiger partial charge in [0.25, 0.3) is 5.91 Å². The summed E-state index contributed by atoms with van der Waals surface area (Å²) in [6.07, 6.45) is 0. The number of carbonyl (C=O) groups excluding carboxylic acids is 2. The van der Waals surface area contributed by atoms with E-state index in [2.05, 4.69) is 19.2 Å². The maximum Gasteiger partial charge on any atom is 0.344 e. The molecule has 1 N–H and O–H groups in total. The number of esters is 1. The summed E-state index contributed by atoms with van der Waals surface area (Å²) in [5.74, 6) is 0.00784. The molecule has 0 aliphatic rings. The molecule has 0 spiro atoms. The van der Waals surface area contributed by atoms with Gasteiger partial charge < -0.3 is 14.8 Å². The molecule has 0 aliphatic heterocycles. The van der Waals surface area contributed by atoms with Crippen LogP contribution in [0.2, 0.25) is 0 Å². The van der Waals surface area contributed by atoms with Gasteiger partial charge in [-0.15, -0.1) is 0 Å². The quantitative estimate of drug-likeness (QED) is 0.615. The zero-order chi connectivity index (χ0) is 19.9. The lowest BCUT2D eigenvalue weighted by Gasteiger charge is -2.10. The monoisotopic (exact) mass is 377 g/mol. The first-order valence-electron chi connectivity index (χ1n) is 9.18. The summed E-state index contributed by atoms with van der Waals surface area (Å²) in [5.41, 5.74) is 1.85. The summed E-state index contributed by atoms with van der Waals surface area (Å²) in [4.78, 5) is 23.8. The lowest BCUT2D eigenvalue weighted by Crippen LogP contribution is -2.23. The van der Waals surface area contributed by atoms with Gasteiger partial charge in [0.05, 0.1) is 0 Å². The van der Waals surface area contributed by atoms with Gasteiger partial charge in [-0.25, -0.2) is 4.79 Å². The zero-order valence-electron chi connectivity index (χ0n) is 16.0. The molecule has 0 unspecified atom stereocenters. The molecule has 0 aromatic heterocycles. The Morgan fingerprint density at radius 3 is 2.32 bits per heavy atom. The van der Waals surface area contributed by atoms with Crippen LogP contribution in [0, 0.1) is 0 Å². The van der Waals surface area contributed by atoms with Crippen LogP contribution in [0.25, 0.3) is 10.8 Å². The molecule has 0 aliphatic carbocycles. The number of anilines is 1. The van der Waals surface area contributed by atoms with Gasteiger partial charge in [0, 0.05) is 5.69 Å². The molecule has 0 fully saturated rings. The van der Waals surface area contributed by atoms with Gasteiger partial charge in [0.15, 0.2) is 13.2 Å². The third-order valence-electron chi connectivity index (χ3n) is 4.30. The Bertz CT molecular complexity index is 964. The smallest absolute Gasteiger partial charge is 0.344 e. The number of carbonyl (C=O) groups is 2. The largest absolute Gasteiger partial charge is 0.482 e. The van der Waals surface area contributed by atoms with E-state index >= 15 is 0 Å². The van der Waals surface area contributed by atoms with Crippen LogP contribution < -0.4 is 10.1 Å². The second kappa shape index (κ2) is 9.04. The van der Waals surface area contributed by atoms with Crippen LogP contribution in [0.1, 0.15) is 25.3 Å². The fourth-order valence-corrected chi connectivity index (χ4v) is 2.74. The van der Waals surface area contributed by atoms with E-state index in [-0.39, 0.29) is 13.2 Å². The number of hydrogen-bond donors (Lipinski definition) is 1. The molecule has 0 saturated carbocycles. The number of nitrogens with one attached hydrogen (secondary N) is 1. The first-order chi connectivity index (χ1) is 13.5. The van der Waals surface area contributed by atoms with Crippen LogP contribution in [-0.4, -0.2) is 25.1 Å². The standard InChI is InChI=1S/C23H23NO4/c1-16(2)17-7-10-20(11-8-17)24-22(25)14-28-23(26)15-27-21-12-9-18-5-3-4-6-19(18)13-21/h3-13,16H,14-15H2,1-2H3,(H,24,25). The Morgan fingerprint density at radius 2 is 1.61 bits per heavy atom. The van der Waals surface area contributed by atoms with Crippen LogP contribution in [0.15, 0.2) is 66.7 Å². The SMILES string of the molecule is CC(C)c1ccc(NC(=O)COC(=O)COc2ccc3ccccc3c2)cc1. The molecule has 3 aromatic carbocycles. The van der Waals surface area contributed by atoms with E-state index in [1.165, 1.54) is 5.56 Å². The third kappa shape index (κ3) is 5.33. The summed E-state index contributed by atoms with van der Waals surface area (Å²) >= 11 is 0. The van der Waals surface area contributed by atoms with Crippen LogP contribution in [-0.2, 0) is 14.3 Å². The predicted octanol–water partition coefficient (Wildman–Crippen LogP) is 4.52. The van der Waals surface area contributed by atoms with Crippen molar-refractivity contribution < 1.29 is 19.1 Å². The van der Waals surface area contributed by atoms with Gasteiger partial charge in [0.1, 0.15) is 5.75 Å². The minimum atomic E-state index is -0.599. The summed E-state index contributed by atoms with van der Waals surface area (Å²) < 4.78 is 10.4. The first-order valence-corrected chi connectivity index (χ1v) is 9.18. The van der Waals surface area contributed by atoms with Crippen molar-refractivity contribution in [3.8, 4) is 5.75 Å². The highest BCUT2D eigenvalue weighted by molar-refractivity contribution is 5.92. The highest BCUT2D eigenvalue weighted by atomic mass is 16.6. The normalized spacial score (nSPS) is 10.7. The minimum absolute atomic E-state index is 0.255. The van der Waals surface area contributed by atoms with Crippen molar-refractivity contribution in [2.75, 3.05) is 18.5 Å². The van der Waals surface area contributed by atoms with Gasteiger partial charge in [-0.2, -0.15) is 0 Å². The number of amides is 1. The number of hydrogen-bond acceptors (Lipinski definition) is 4. The van der Waals surface area contributed by atoms with Crippen molar-refractivity contribution in [3.63, 3.8) is 0 Å². The Morgan fingerprint density at radius 1 is 0.893 bits per heavy atom. The van der Waals surface area contributed by atoms with E-state index in [1.807, 2.05) is 60.7 Å². The topological polar surface area (TPSA) is 64.6 Å². The summed E-state index contributed by atoms with van der Waals surface area (Å²) in [5, 5.41) is 4.82. The molecule has 5 heteroatoms. The first kappa shape index (κ1) is 19.4. The third-order valence-corrected chi connectivity index (χ3v) is 4.30. The molecule has 0 atom stereocenters. The highest BCUT2D eigenvalue weighted by Crippen LogP contribution is 2.20. The average Bonchev–Trinajstić information content (AvgIpc) is 2.71. The van der Waals surface area contributed by atoms with Crippen molar-refractivity contribution in [1.29, 1.82) is 0 Å². The summed E-state index contributed by atoms with van der Waals surface area (Å²) in [7, 11) is 0. The Hall–Kier alpha value is -3.34. The average molecular weight is 377 g/mol. The van der Waals surface area contributed by atoms with Crippen LogP contribution in [0.4, 0.5) is 5.69 Å². The van der Waals surface area contributed by atoms with Gasteiger partial charge >= 0.3 is 5.97 Å². The van der Waals surface area contributed by atoms with E-state index in [0.717, 1.165) is 10.8 Å².